The average molecular weight is 1130 g/mol. The van der Waals surface area contributed by atoms with Crippen molar-refractivity contribution in [1.82, 2.24) is 5.32 Å². The topological polar surface area (TPSA) is 114 Å². The molecule has 0 spiro atoms. The van der Waals surface area contributed by atoms with Crippen molar-refractivity contribution in [2.45, 2.75) is 315 Å². The highest BCUT2D eigenvalue weighted by Crippen LogP contribution is 2.38. The minimum absolute atomic E-state index is 0.0317. The molecule has 3 unspecified atom stereocenters. The predicted octanol–water partition coefficient (Wildman–Crippen LogP) is 20.2. The summed E-state index contributed by atoms with van der Waals surface area (Å²) in [6, 6.07) is -0.912. The number of nitrogens with one attached hydrogen (secondary N) is 1. The van der Waals surface area contributed by atoms with E-state index in [-0.39, 0.29) is 18.9 Å². The Morgan fingerprint density at radius 1 is 0.456 bits per heavy atom. The van der Waals surface area contributed by atoms with Gasteiger partial charge in [0.25, 0.3) is 7.82 Å². The highest BCUT2D eigenvalue weighted by atomic mass is 31.2. The van der Waals surface area contributed by atoms with Gasteiger partial charge in [0.15, 0.2) is 0 Å². The number of phosphoric acid groups is 1. The molecule has 0 aliphatic heterocycles. The third-order valence-electron chi connectivity index (χ3n) is 14.7. The summed E-state index contributed by atoms with van der Waals surface area (Å²) in [6.45, 7) is 6.73. The monoisotopic (exact) mass is 1130 g/mol. The Morgan fingerprint density at radius 3 is 1.23 bits per heavy atom. The van der Waals surface area contributed by atoms with Gasteiger partial charge in [-0.05, 0) is 70.3 Å². The van der Waals surface area contributed by atoms with Crippen molar-refractivity contribution in [3.63, 3.8) is 0 Å². The largest absolute Gasteiger partial charge is 0.756 e. The summed E-state index contributed by atoms with van der Waals surface area (Å²) in [5.74, 6) is -0.600. The van der Waals surface area contributed by atoms with E-state index >= 15 is 0 Å². The standard InChI is InChI=1S/C69H127N2O7P/c1-7-10-13-16-19-22-25-28-30-32-33-34-35-36-37-39-40-43-46-49-52-55-58-61-68(72)70-66(65-77-79(74,75)76-64-63-71(4,5)6)67(60-57-54-51-48-45-42-27-24-21-18-15-12-9-3)78-69(73)62-59-56-53-50-47-44-41-38-31-29-26-23-20-17-14-11-8-2/h11,14,20,23,29,31,41,44,50,53,57,60,66-67H,7-10,12-13,15-19,21-22,24-28,30,32-40,42-43,45-49,51-52,54-56,58-59,61-65H2,1-6H3,(H-,70,72,74,75)/b14-11-,23-20-,31-29-,44-41-,53-50-,60-57+. The molecule has 0 aliphatic carbocycles. The second-order valence-corrected chi connectivity index (χ2v) is 25.0. The summed E-state index contributed by atoms with van der Waals surface area (Å²) in [4.78, 5) is 40.1. The maximum atomic E-state index is 13.6. The van der Waals surface area contributed by atoms with Gasteiger partial charge in [-0.1, -0.05) is 293 Å². The Kier molecular flexibility index (Phi) is 56.7. The van der Waals surface area contributed by atoms with Crippen LogP contribution in [0.15, 0.2) is 72.9 Å². The lowest BCUT2D eigenvalue weighted by Crippen LogP contribution is -2.47. The van der Waals surface area contributed by atoms with Gasteiger partial charge in [-0.2, -0.15) is 0 Å². The Hall–Kier alpha value is -2.55. The fraction of sp³-hybridized carbons (Fsp3) is 0.797. The number of amides is 1. The zero-order chi connectivity index (χ0) is 57.9. The van der Waals surface area contributed by atoms with E-state index in [2.05, 4.69) is 86.8 Å². The molecule has 0 heterocycles. The van der Waals surface area contributed by atoms with Gasteiger partial charge in [0.1, 0.15) is 19.3 Å². The molecule has 0 rings (SSSR count). The molecule has 0 aromatic heterocycles. The fourth-order valence-electron chi connectivity index (χ4n) is 9.56. The van der Waals surface area contributed by atoms with Gasteiger partial charge < -0.3 is 28.5 Å². The van der Waals surface area contributed by atoms with Crippen LogP contribution in [0, 0.1) is 0 Å². The summed E-state index contributed by atoms with van der Waals surface area (Å²) in [6.07, 6.45) is 76.0. The number of carbonyl (C=O) groups is 2. The van der Waals surface area contributed by atoms with Gasteiger partial charge >= 0.3 is 5.97 Å². The van der Waals surface area contributed by atoms with Crippen LogP contribution in [-0.2, 0) is 27.9 Å². The van der Waals surface area contributed by atoms with Crippen LogP contribution < -0.4 is 10.2 Å². The Bertz CT molecular complexity index is 1580. The maximum absolute atomic E-state index is 13.6. The van der Waals surface area contributed by atoms with E-state index in [1.165, 1.54) is 186 Å². The molecule has 0 aromatic carbocycles. The van der Waals surface area contributed by atoms with E-state index < -0.39 is 32.5 Å². The highest BCUT2D eigenvalue weighted by molar-refractivity contribution is 7.45. The normalized spacial score (nSPS) is 14.1. The van der Waals surface area contributed by atoms with Crippen molar-refractivity contribution in [1.29, 1.82) is 0 Å². The third kappa shape index (κ3) is 59.9. The second kappa shape index (κ2) is 58.6. The van der Waals surface area contributed by atoms with Crippen molar-refractivity contribution in [2.24, 2.45) is 0 Å². The number of phosphoric ester groups is 1. The Labute approximate surface area is 489 Å². The van der Waals surface area contributed by atoms with E-state index in [4.69, 9.17) is 13.8 Å². The first-order valence-corrected chi connectivity index (χ1v) is 34.7. The van der Waals surface area contributed by atoms with E-state index in [9.17, 15) is 19.0 Å². The summed E-state index contributed by atoms with van der Waals surface area (Å²) in [5.41, 5.74) is 0. The quantitative estimate of drug-likeness (QED) is 0.0212. The average Bonchev–Trinajstić information content (AvgIpc) is 3.41. The molecular formula is C69H127N2O7P. The second-order valence-electron chi connectivity index (χ2n) is 23.6. The smallest absolute Gasteiger partial charge is 0.306 e. The summed E-state index contributed by atoms with van der Waals surface area (Å²) in [5, 5.41) is 3.03. The molecule has 0 saturated heterocycles. The van der Waals surface area contributed by atoms with Gasteiger partial charge in [-0.15, -0.1) is 0 Å². The number of allylic oxidation sites excluding steroid dienone is 11. The van der Waals surface area contributed by atoms with Gasteiger partial charge in [-0.25, -0.2) is 0 Å². The minimum atomic E-state index is -4.71. The van der Waals surface area contributed by atoms with Gasteiger partial charge in [0.2, 0.25) is 5.91 Å². The summed E-state index contributed by atoms with van der Waals surface area (Å²) >= 11 is 0. The number of hydrogen-bond donors (Lipinski definition) is 1. The molecule has 1 amide bonds. The fourth-order valence-corrected chi connectivity index (χ4v) is 10.3. The molecule has 79 heavy (non-hydrogen) atoms. The minimum Gasteiger partial charge on any atom is -0.756 e. The first-order chi connectivity index (χ1) is 38.4. The van der Waals surface area contributed by atoms with Crippen LogP contribution in [0.4, 0.5) is 0 Å². The van der Waals surface area contributed by atoms with Crippen molar-refractivity contribution in [3.05, 3.63) is 72.9 Å². The molecule has 9 nitrogen and oxygen atoms in total. The number of likely N-dealkylation sites (N-methyl/N-ethyl adjacent to an activating group) is 1. The summed E-state index contributed by atoms with van der Waals surface area (Å²) < 4.78 is 30.3. The van der Waals surface area contributed by atoms with Crippen molar-refractivity contribution < 1.29 is 37.3 Å². The molecule has 0 fully saturated rings. The van der Waals surface area contributed by atoms with E-state index in [0.717, 1.165) is 77.0 Å². The molecule has 0 bridgehead atoms. The number of hydrogen-bond acceptors (Lipinski definition) is 7. The molecule has 0 aliphatic rings. The summed E-state index contributed by atoms with van der Waals surface area (Å²) in [7, 11) is 1.16. The van der Waals surface area contributed by atoms with E-state index in [1.807, 2.05) is 33.3 Å². The van der Waals surface area contributed by atoms with Crippen molar-refractivity contribution in [3.8, 4) is 0 Å². The third-order valence-corrected chi connectivity index (χ3v) is 15.6. The number of ether oxygens (including phenoxy) is 1. The predicted molar refractivity (Wildman–Crippen MR) is 339 cm³/mol. The van der Waals surface area contributed by atoms with Gasteiger partial charge in [0.05, 0.1) is 33.8 Å². The molecule has 3 atom stereocenters. The van der Waals surface area contributed by atoms with E-state index in [0.29, 0.717) is 23.9 Å². The van der Waals surface area contributed by atoms with Crippen LogP contribution in [0.3, 0.4) is 0 Å². The Balaban J connectivity index is 5.22. The van der Waals surface area contributed by atoms with Crippen LogP contribution in [-0.4, -0.2) is 69.4 Å². The molecule has 10 heteroatoms. The van der Waals surface area contributed by atoms with Gasteiger partial charge in [-0.3, -0.25) is 14.2 Å². The first-order valence-electron chi connectivity index (χ1n) is 33.2. The Morgan fingerprint density at radius 2 is 0.823 bits per heavy atom. The molecule has 460 valence electrons. The number of esters is 1. The van der Waals surface area contributed by atoms with E-state index in [1.54, 1.807) is 0 Å². The van der Waals surface area contributed by atoms with Crippen molar-refractivity contribution in [2.75, 3.05) is 40.9 Å². The number of rotatable bonds is 60. The number of nitrogens with zero attached hydrogens (tertiary/aromatic N) is 1. The molecule has 1 N–H and O–H groups in total. The van der Waals surface area contributed by atoms with Crippen LogP contribution in [0.1, 0.15) is 303 Å². The lowest BCUT2D eigenvalue weighted by atomic mass is 10.0. The number of unbranched alkanes of at least 4 members (excludes halogenated alkanes) is 34. The number of carbonyl (C=O) groups excluding carboxylic acids is 2. The lowest BCUT2D eigenvalue weighted by molar-refractivity contribution is -0.870. The van der Waals surface area contributed by atoms with Crippen LogP contribution in [0.2, 0.25) is 0 Å². The van der Waals surface area contributed by atoms with Crippen LogP contribution >= 0.6 is 7.82 Å². The molecule has 0 saturated carbocycles. The zero-order valence-corrected chi connectivity index (χ0v) is 53.5. The molecule has 0 radical (unpaired) electrons. The van der Waals surface area contributed by atoms with Crippen molar-refractivity contribution >= 4 is 19.7 Å². The highest BCUT2D eigenvalue weighted by Gasteiger charge is 2.27. The zero-order valence-electron chi connectivity index (χ0n) is 52.6. The number of quaternary nitrogens is 1. The molecular weight excluding hydrogens is 1000 g/mol. The lowest BCUT2D eigenvalue weighted by Gasteiger charge is -2.30. The van der Waals surface area contributed by atoms with Crippen LogP contribution in [0.25, 0.3) is 0 Å². The maximum Gasteiger partial charge on any atom is 0.306 e. The van der Waals surface area contributed by atoms with Crippen LogP contribution in [0.5, 0.6) is 0 Å². The molecule has 0 aromatic rings. The SMILES string of the molecule is CC/C=C\C/C=C\C/C=C\C/C=C\C/C=C\CCCC(=O)OC(/C=C/CCCCCCCCCCCCC)C(COP(=O)([O-])OCC[N+](C)(C)C)NC(=O)CCCCCCCCCCCCCCCCCCCCCCCCC. The first kappa shape index (κ1) is 76.5. The van der Waals surface area contributed by atoms with Gasteiger partial charge in [0, 0.05) is 12.8 Å².